The molecular weight excluding hydrogens is 349 g/mol. The molecule has 1 aromatic carbocycles. The number of nitrogens with zero attached hydrogens (tertiary/aromatic N) is 3. The van der Waals surface area contributed by atoms with Gasteiger partial charge >= 0.3 is 0 Å². The number of nitrogens with two attached hydrogens (primary N) is 2. The third-order valence-corrected chi connectivity index (χ3v) is 5.02. The molecule has 118 valence electrons. The average Bonchev–Trinajstić information content (AvgIpc) is 2.47. The molecule has 5 nitrogen and oxygen atoms in total. The van der Waals surface area contributed by atoms with Crippen LogP contribution in [0.25, 0.3) is 0 Å². The predicted octanol–water partition coefficient (Wildman–Crippen LogP) is 3.01. The number of anilines is 1. The fourth-order valence-corrected chi connectivity index (χ4v) is 3.78. The molecule has 0 atom stereocenters. The van der Waals surface area contributed by atoms with E-state index in [-0.39, 0.29) is 17.7 Å². The molecule has 0 unspecified atom stereocenters. The van der Waals surface area contributed by atoms with Crippen LogP contribution in [0.5, 0.6) is 0 Å². The minimum absolute atomic E-state index is 0.200. The number of hydrogen-bond donors (Lipinski definition) is 2. The van der Waals surface area contributed by atoms with Crippen LogP contribution in [0.3, 0.4) is 0 Å². The van der Waals surface area contributed by atoms with Gasteiger partial charge in [0.15, 0.2) is 0 Å². The van der Waals surface area contributed by atoms with Crippen LogP contribution >= 0.6 is 15.9 Å². The number of aliphatic imine (C=N–C) groups is 2. The largest absolute Gasteiger partial charge is 0.369 e. The average molecular weight is 368 g/mol. The fraction of sp³-hybridized carbons (Fsp3) is 0.467. The zero-order valence-corrected chi connectivity index (χ0v) is 14.0. The highest BCUT2D eigenvalue weighted by atomic mass is 79.9. The molecule has 1 aromatic rings. The number of benzene rings is 1. The van der Waals surface area contributed by atoms with Gasteiger partial charge in [-0.15, -0.1) is 0 Å². The normalized spacial score (nSPS) is 20.8. The molecule has 0 radical (unpaired) electrons. The Balaban J connectivity index is 2.14. The third kappa shape index (κ3) is 2.37. The van der Waals surface area contributed by atoms with Gasteiger partial charge in [-0.3, -0.25) is 4.90 Å². The first-order valence-corrected chi connectivity index (χ1v) is 8.18. The summed E-state index contributed by atoms with van der Waals surface area (Å²) in [7, 11) is 0. The topological polar surface area (TPSA) is 80.0 Å². The van der Waals surface area contributed by atoms with Crippen LogP contribution in [0, 0.1) is 12.7 Å². The van der Waals surface area contributed by atoms with Gasteiger partial charge in [-0.25, -0.2) is 9.38 Å². The standard InChI is InChI=1S/C15H19BrFN5/c1-9-11(6-5-10(16)12(9)17)22-14(19)20-13(18)21-15(22)7-3-2-4-8-15/h5-6H,2-4,7-8H2,1H3,(H4,18,19,20,21). The molecule has 1 aliphatic heterocycles. The van der Waals surface area contributed by atoms with Crippen molar-refractivity contribution < 1.29 is 4.39 Å². The number of hydrogen-bond acceptors (Lipinski definition) is 5. The van der Waals surface area contributed by atoms with E-state index < -0.39 is 5.66 Å². The summed E-state index contributed by atoms with van der Waals surface area (Å²) >= 11 is 3.21. The van der Waals surface area contributed by atoms with Gasteiger partial charge in [-0.2, -0.15) is 4.99 Å². The molecule has 2 aliphatic rings. The first kappa shape index (κ1) is 15.3. The second kappa shape index (κ2) is 5.53. The lowest BCUT2D eigenvalue weighted by Gasteiger charge is -2.46. The quantitative estimate of drug-likeness (QED) is 0.800. The molecule has 22 heavy (non-hydrogen) atoms. The van der Waals surface area contributed by atoms with Crippen LogP contribution in [0.1, 0.15) is 37.7 Å². The van der Waals surface area contributed by atoms with Crippen molar-refractivity contribution in [3.8, 4) is 0 Å². The lowest BCUT2D eigenvalue weighted by atomic mass is 9.87. The maximum atomic E-state index is 14.3. The number of rotatable bonds is 1. The molecule has 4 N–H and O–H groups in total. The van der Waals surface area contributed by atoms with Crippen molar-refractivity contribution in [2.24, 2.45) is 21.5 Å². The maximum Gasteiger partial charge on any atom is 0.220 e. The molecule has 0 bridgehead atoms. The molecule has 1 heterocycles. The Bertz CT molecular complexity index is 664. The van der Waals surface area contributed by atoms with Crippen LogP contribution in [0.4, 0.5) is 10.1 Å². The zero-order valence-electron chi connectivity index (χ0n) is 12.4. The Kier molecular flexibility index (Phi) is 3.84. The van der Waals surface area contributed by atoms with Gasteiger partial charge in [0, 0.05) is 5.56 Å². The summed E-state index contributed by atoms with van der Waals surface area (Å²) < 4.78 is 14.7. The molecule has 1 spiro atoms. The van der Waals surface area contributed by atoms with Crippen LogP contribution in [-0.2, 0) is 0 Å². The van der Waals surface area contributed by atoms with E-state index >= 15 is 0 Å². The molecule has 3 rings (SSSR count). The van der Waals surface area contributed by atoms with Gasteiger partial charge in [0.2, 0.25) is 11.9 Å². The van der Waals surface area contributed by atoms with Crippen LogP contribution < -0.4 is 16.4 Å². The van der Waals surface area contributed by atoms with Gasteiger partial charge in [-0.05, 0) is 60.7 Å². The van der Waals surface area contributed by atoms with Gasteiger partial charge in [0.1, 0.15) is 11.5 Å². The monoisotopic (exact) mass is 367 g/mol. The van der Waals surface area contributed by atoms with Gasteiger partial charge in [0.25, 0.3) is 0 Å². The molecule has 1 saturated carbocycles. The van der Waals surface area contributed by atoms with Crippen LogP contribution in [0.2, 0.25) is 0 Å². The molecule has 1 aliphatic carbocycles. The molecule has 0 aromatic heterocycles. The van der Waals surface area contributed by atoms with Gasteiger partial charge < -0.3 is 11.5 Å². The van der Waals surface area contributed by atoms with Crippen molar-refractivity contribution >= 4 is 33.5 Å². The van der Waals surface area contributed by atoms with E-state index in [0.717, 1.165) is 32.1 Å². The lowest BCUT2D eigenvalue weighted by molar-refractivity contribution is 0.305. The third-order valence-electron chi connectivity index (χ3n) is 4.40. The first-order valence-electron chi connectivity index (χ1n) is 7.39. The lowest BCUT2D eigenvalue weighted by Crippen LogP contribution is -2.58. The van der Waals surface area contributed by atoms with E-state index in [1.807, 2.05) is 11.0 Å². The van der Waals surface area contributed by atoms with Gasteiger partial charge in [-0.1, -0.05) is 6.42 Å². The molecular formula is C15H19BrFN5. The minimum Gasteiger partial charge on any atom is -0.369 e. The summed E-state index contributed by atoms with van der Waals surface area (Å²) in [6.07, 6.45) is 4.91. The highest BCUT2D eigenvalue weighted by Crippen LogP contribution is 2.41. The van der Waals surface area contributed by atoms with E-state index in [9.17, 15) is 4.39 Å². The summed E-state index contributed by atoms with van der Waals surface area (Å²) in [4.78, 5) is 10.5. The van der Waals surface area contributed by atoms with Crippen molar-refractivity contribution in [3.63, 3.8) is 0 Å². The Morgan fingerprint density at radius 1 is 1.23 bits per heavy atom. The van der Waals surface area contributed by atoms with E-state index in [1.165, 1.54) is 0 Å². The second-order valence-corrected chi connectivity index (χ2v) is 6.68. The smallest absolute Gasteiger partial charge is 0.220 e. The molecule has 1 fully saturated rings. The Morgan fingerprint density at radius 2 is 1.91 bits per heavy atom. The molecule has 0 amide bonds. The summed E-state index contributed by atoms with van der Waals surface area (Å²) in [5.74, 6) is 0.184. The highest BCUT2D eigenvalue weighted by molar-refractivity contribution is 9.10. The van der Waals surface area contributed by atoms with Crippen molar-refractivity contribution in [1.82, 2.24) is 0 Å². The number of guanidine groups is 2. The van der Waals surface area contributed by atoms with Gasteiger partial charge in [0.05, 0.1) is 10.2 Å². The summed E-state index contributed by atoms with van der Waals surface area (Å²) in [6, 6.07) is 3.53. The summed E-state index contributed by atoms with van der Waals surface area (Å²) in [5.41, 5.74) is 12.7. The van der Waals surface area contributed by atoms with Crippen molar-refractivity contribution in [2.45, 2.75) is 44.7 Å². The van der Waals surface area contributed by atoms with Crippen LogP contribution in [-0.4, -0.2) is 17.6 Å². The maximum absolute atomic E-state index is 14.3. The summed E-state index contributed by atoms with van der Waals surface area (Å²) in [5, 5.41) is 0. The predicted molar refractivity (Wildman–Crippen MR) is 90.4 cm³/mol. The Hall–Kier alpha value is -1.63. The van der Waals surface area contributed by atoms with E-state index in [2.05, 4.69) is 25.9 Å². The van der Waals surface area contributed by atoms with Crippen molar-refractivity contribution in [3.05, 3.63) is 28.0 Å². The number of halogens is 2. The Morgan fingerprint density at radius 3 is 2.59 bits per heavy atom. The minimum atomic E-state index is -0.542. The SMILES string of the molecule is Cc1c(N2C(N)=NC(N)=NC23CCCCC3)ccc(Br)c1F. The van der Waals surface area contributed by atoms with E-state index in [4.69, 9.17) is 11.5 Å². The molecule has 7 heteroatoms. The first-order chi connectivity index (χ1) is 10.4. The summed E-state index contributed by atoms with van der Waals surface area (Å²) in [6.45, 7) is 1.74. The van der Waals surface area contributed by atoms with Crippen molar-refractivity contribution in [1.29, 1.82) is 0 Å². The van der Waals surface area contributed by atoms with Crippen LogP contribution in [0.15, 0.2) is 26.6 Å². The van der Waals surface area contributed by atoms with E-state index in [0.29, 0.717) is 15.7 Å². The molecule has 0 saturated heterocycles. The fourth-order valence-electron chi connectivity index (χ4n) is 3.35. The van der Waals surface area contributed by atoms with E-state index in [1.54, 1.807) is 13.0 Å². The highest BCUT2D eigenvalue weighted by Gasteiger charge is 2.43. The zero-order chi connectivity index (χ0) is 15.9. The second-order valence-electron chi connectivity index (χ2n) is 5.82. The Labute approximate surface area is 137 Å². The van der Waals surface area contributed by atoms with Crippen molar-refractivity contribution in [2.75, 3.05) is 4.90 Å².